The molecule has 1 heterocycles. The molecule has 1 aliphatic heterocycles. The van der Waals surface area contributed by atoms with Crippen LogP contribution in [-0.2, 0) is 40.0 Å². The molecule has 0 radical (unpaired) electrons. The van der Waals surface area contributed by atoms with Crippen LogP contribution in [-0.4, -0.2) is 173 Å². The number of benzene rings is 1. The zero-order valence-corrected chi connectivity index (χ0v) is 32.8. The summed E-state index contributed by atoms with van der Waals surface area (Å²) in [6.07, 6.45) is -1.13. The second-order valence-corrected chi connectivity index (χ2v) is 13.8. The third-order valence-corrected chi connectivity index (χ3v) is 9.68. The molecule has 0 aliphatic carbocycles. The summed E-state index contributed by atoms with van der Waals surface area (Å²) in [5.41, 5.74) is 0.713. The average molecular weight is 807 g/mol. The molecule has 8 atom stereocenters. The minimum atomic E-state index is -1.65. The van der Waals surface area contributed by atoms with Gasteiger partial charge in [0.15, 0.2) is 0 Å². The first kappa shape index (κ1) is 48.0. The lowest BCUT2D eigenvalue weighted by Crippen LogP contribution is -2.61. The second kappa shape index (κ2) is 23.8. The molecule has 1 aliphatic rings. The molecule has 57 heavy (non-hydrogen) atoms. The normalized spacial score (nSPS) is 22.6. The lowest BCUT2D eigenvalue weighted by Gasteiger charge is -2.37. The Hall–Kier alpha value is -5.15. The van der Waals surface area contributed by atoms with Gasteiger partial charge < -0.3 is 67.2 Å². The van der Waals surface area contributed by atoms with Crippen LogP contribution in [0.3, 0.4) is 0 Å². The van der Waals surface area contributed by atoms with Crippen LogP contribution in [0.25, 0.3) is 0 Å². The first-order chi connectivity index (χ1) is 27.0. The van der Waals surface area contributed by atoms with Gasteiger partial charge in [-0.3, -0.25) is 28.8 Å². The van der Waals surface area contributed by atoms with Crippen LogP contribution in [0.15, 0.2) is 42.6 Å². The summed E-state index contributed by atoms with van der Waals surface area (Å²) in [6, 6.07) is -0.926. The number of carbonyl (C=O) groups excluding carboxylic acids is 6. The number of likely N-dealkylation sites (N-methyl/N-ethyl adjacent to an activating group) is 3. The summed E-state index contributed by atoms with van der Waals surface area (Å²) in [7, 11) is 4.05. The van der Waals surface area contributed by atoms with Gasteiger partial charge in [0.1, 0.15) is 36.3 Å². The van der Waals surface area contributed by atoms with E-state index < -0.39 is 110 Å². The number of hydrogen-bond acceptors (Lipinski definition) is 13. The predicted octanol–water partition coefficient (Wildman–Crippen LogP) is -4.08. The highest BCUT2D eigenvalue weighted by Gasteiger charge is 2.37. The van der Waals surface area contributed by atoms with Gasteiger partial charge in [0.25, 0.3) is 0 Å². The van der Waals surface area contributed by atoms with Crippen molar-refractivity contribution >= 4 is 41.4 Å². The van der Waals surface area contributed by atoms with Crippen LogP contribution in [0.2, 0.25) is 0 Å². The van der Waals surface area contributed by atoms with Gasteiger partial charge in [-0.15, -0.1) is 0 Å². The molecular weight excluding hydrogens is 748 g/mol. The Labute approximate surface area is 331 Å². The maximum Gasteiger partial charge on any atom is 0.326 e. The van der Waals surface area contributed by atoms with Crippen LogP contribution in [0.5, 0.6) is 0 Å². The molecule has 0 spiro atoms. The Morgan fingerprint density at radius 1 is 0.965 bits per heavy atom. The number of aliphatic hydroxyl groups is 4. The lowest BCUT2D eigenvalue weighted by molar-refractivity contribution is -0.146. The minimum Gasteiger partial charge on any atom is -0.480 e. The van der Waals surface area contributed by atoms with Gasteiger partial charge in [-0.05, 0) is 45.2 Å². The topological polar surface area (TPSA) is 299 Å². The van der Waals surface area contributed by atoms with Crippen molar-refractivity contribution in [1.29, 1.82) is 0 Å². The number of rotatable bonds is 14. The second-order valence-electron chi connectivity index (χ2n) is 13.8. The number of nitrogens with one attached hydrogen (secondary N) is 6. The van der Waals surface area contributed by atoms with Crippen molar-refractivity contribution in [1.82, 2.24) is 41.7 Å². The van der Waals surface area contributed by atoms with Crippen molar-refractivity contribution in [3.05, 3.63) is 48.2 Å². The third kappa shape index (κ3) is 14.4. The number of amides is 6. The molecule has 1 aromatic rings. The standard InChI is InChI=1S/C37H58N8O12/c1-21-24(40-32(51)27(18-46)38-3)14-15-30(50)39-16-10-9-13-25(41-33(52)28(19-47)43-35(54)31(22(2)49)44(21)4)36(55)45(5)29(20-48)34(53)42-26(37(56)57)17-23-11-7-6-8-12-23/h6-8,11-12,22,24-29,31,38,46-49H,1,9-10,13-20H2,2-5H3,(H,39,50)(H,40,51)(H,41,52)(H,42,53)(H,43,54)(H,56,57)/t22?,24-,25-,26-,27-,28-,29-,31-/m0/s1. The number of carbonyl (C=O) groups is 7. The van der Waals surface area contributed by atoms with Gasteiger partial charge in [-0.1, -0.05) is 36.9 Å². The fourth-order valence-electron chi connectivity index (χ4n) is 6.19. The summed E-state index contributed by atoms with van der Waals surface area (Å²) in [6.45, 7) is 3.05. The van der Waals surface area contributed by atoms with Crippen LogP contribution in [0.4, 0.5) is 0 Å². The predicted molar refractivity (Wildman–Crippen MR) is 205 cm³/mol. The Morgan fingerprint density at radius 2 is 1.63 bits per heavy atom. The molecular formula is C37H58N8O12. The molecule has 0 saturated carbocycles. The third-order valence-electron chi connectivity index (χ3n) is 9.68. The molecule has 318 valence electrons. The van der Waals surface area contributed by atoms with E-state index in [4.69, 9.17) is 0 Å². The fourth-order valence-corrected chi connectivity index (χ4v) is 6.19. The van der Waals surface area contributed by atoms with E-state index in [-0.39, 0.29) is 44.3 Å². The fraction of sp³-hybridized carbons (Fsp3) is 0.595. The van der Waals surface area contributed by atoms with Crippen LogP contribution >= 0.6 is 0 Å². The van der Waals surface area contributed by atoms with Crippen molar-refractivity contribution in [3.8, 4) is 0 Å². The van der Waals surface area contributed by atoms with Crippen molar-refractivity contribution in [2.24, 2.45) is 0 Å². The molecule has 1 unspecified atom stereocenters. The van der Waals surface area contributed by atoms with Crippen molar-refractivity contribution in [2.45, 2.75) is 93.8 Å². The van der Waals surface area contributed by atoms with Crippen molar-refractivity contribution < 1.29 is 59.1 Å². The average Bonchev–Trinajstić information content (AvgIpc) is 3.17. The lowest BCUT2D eigenvalue weighted by atomic mass is 10.0. The van der Waals surface area contributed by atoms with Crippen LogP contribution in [0.1, 0.15) is 44.6 Å². The van der Waals surface area contributed by atoms with Gasteiger partial charge in [0.05, 0.1) is 32.0 Å². The number of carboxylic acids is 1. The molecule has 1 fully saturated rings. The van der Waals surface area contributed by atoms with E-state index in [0.29, 0.717) is 12.0 Å². The van der Waals surface area contributed by atoms with E-state index in [2.05, 4.69) is 38.5 Å². The number of aliphatic carboxylic acids is 1. The van der Waals surface area contributed by atoms with E-state index in [1.54, 1.807) is 30.3 Å². The van der Waals surface area contributed by atoms with E-state index in [9.17, 15) is 59.1 Å². The highest BCUT2D eigenvalue weighted by Crippen LogP contribution is 2.18. The maximum absolute atomic E-state index is 13.9. The summed E-state index contributed by atoms with van der Waals surface area (Å²) in [5, 5.41) is 65.8. The van der Waals surface area contributed by atoms with Crippen molar-refractivity contribution in [3.63, 3.8) is 0 Å². The molecule has 20 heteroatoms. The van der Waals surface area contributed by atoms with Gasteiger partial charge in [-0.2, -0.15) is 0 Å². The smallest absolute Gasteiger partial charge is 0.326 e. The molecule has 1 saturated heterocycles. The Morgan fingerprint density at radius 3 is 2.19 bits per heavy atom. The summed E-state index contributed by atoms with van der Waals surface area (Å²) < 4.78 is 0. The van der Waals surface area contributed by atoms with E-state index in [1.807, 2.05) is 0 Å². The Balaban J connectivity index is 2.38. The summed E-state index contributed by atoms with van der Waals surface area (Å²) >= 11 is 0. The summed E-state index contributed by atoms with van der Waals surface area (Å²) in [4.78, 5) is 94.3. The van der Waals surface area contributed by atoms with E-state index in [0.717, 1.165) is 4.90 Å². The number of carboxylic acid groups (broad SMARTS) is 1. The van der Waals surface area contributed by atoms with E-state index >= 15 is 0 Å². The largest absolute Gasteiger partial charge is 0.480 e. The van der Waals surface area contributed by atoms with Gasteiger partial charge >= 0.3 is 5.97 Å². The highest BCUT2D eigenvalue weighted by molar-refractivity contribution is 5.95. The SMILES string of the molecule is C=C1[C@@H](NC(=O)[C@H](CO)NC)CCC(=O)NCCCC[C@@H](C(=O)N(C)[C@@H](CO)C(=O)N[C@@H](Cc2ccccc2)C(=O)O)NC(=O)[C@H](CO)NC(=O)[C@H](C(C)O)N1C. The molecule has 11 N–H and O–H groups in total. The maximum atomic E-state index is 13.9. The molecule has 6 amide bonds. The van der Waals surface area contributed by atoms with Crippen LogP contribution < -0.4 is 31.9 Å². The molecule has 2 rings (SSSR count). The van der Waals surface area contributed by atoms with Gasteiger partial charge in [0.2, 0.25) is 35.4 Å². The molecule has 20 nitrogen and oxygen atoms in total. The Kier molecular flexibility index (Phi) is 20.1. The quantitative estimate of drug-likeness (QED) is 0.0853. The zero-order valence-electron chi connectivity index (χ0n) is 32.8. The number of hydrogen-bond donors (Lipinski definition) is 11. The van der Waals surface area contributed by atoms with Crippen molar-refractivity contribution in [2.75, 3.05) is 47.5 Å². The molecule has 1 aromatic carbocycles. The number of nitrogens with zero attached hydrogens (tertiary/aromatic N) is 2. The highest BCUT2D eigenvalue weighted by atomic mass is 16.4. The monoisotopic (exact) mass is 806 g/mol. The first-order valence-electron chi connectivity index (χ1n) is 18.6. The molecule has 0 aromatic heterocycles. The zero-order chi connectivity index (χ0) is 42.8. The van der Waals surface area contributed by atoms with Gasteiger partial charge in [0, 0.05) is 39.2 Å². The molecule has 0 bridgehead atoms. The van der Waals surface area contributed by atoms with Crippen LogP contribution in [0, 0.1) is 0 Å². The minimum absolute atomic E-state index is 0.000404. The summed E-state index contributed by atoms with van der Waals surface area (Å²) in [5.74, 6) is -6.16. The van der Waals surface area contributed by atoms with Gasteiger partial charge in [-0.25, -0.2) is 4.79 Å². The number of aliphatic hydroxyl groups excluding tert-OH is 4. The van der Waals surface area contributed by atoms with E-state index in [1.165, 1.54) is 33.0 Å². The first-order valence-corrected chi connectivity index (χ1v) is 18.6. The Bertz CT molecular complexity index is 1540.